The normalized spacial score (nSPS) is 10.9. The third kappa shape index (κ3) is 2.15. The quantitative estimate of drug-likeness (QED) is 0.845. The second-order valence-corrected chi connectivity index (χ2v) is 4.59. The Kier molecular flexibility index (Phi) is 2.68. The fourth-order valence-electron chi connectivity index (χ4n) is 1.32. The lowest BCUT2D eigenvalue weighted by molar-refractivity contribution is 0.823. The lowest BCUT2D eigenvalue weighted by Gasteiger charge is -2.03. The highest BCUT2D eigenvalue weighted by atomic mass is 32.1. The van der Waals surface area contributed by atoms with E-state index in [1.165, 1.54) is 11.3 Å². The summed E-state index contributed by atoms with van der Waals surface area (Å²) in [6, 6.07) is 4.08. The van der Waals surface area contributed by atoms with Crippen molar-refractivity contribution in [3.8, 4) is 11.3 Å². The molecule has 4 heteroatoms. The van der Waals surface area contributed by atoms with Crippen molar-refractivity contribution in [3.63, 3.8) is 0 Å². The van der Waals surface area contributed by atoms with Gasteiger partial charge in [0.2, 0.25) is 0 Å². The molecular weight excluding hydrogens is 206 g/mol. The maximum Gasteiger partial charge on any atom is 0.180 e. The summed E-state index contributed by atoms with van der Waals surface area (Å²) in [6.45, 7) is 4.26. The lowest BCUT2D eigenvalue weighted by atomic mass is 10.1. The Morgan fingerprint density at radius 1 is 1.33 bits per heavy atom. The summed E-state index contributed by atoms with van der Waals surface area (Å²) in [7, 11) is 0. The van der Waals surface area contributed by atoms with Crippen LogP contribution in [0.4, 0.5) is 5.13 Å². The van der Waals surface area contributed by atoms with Crippen LogP contribution in [0.25, 0.3) is 11.3 Å². The first-order valence-electron chi connectivity index (χ1n) is 4.84. The average molecular weight is 219 g/mol. The molecule has 2 N–H and O–H groups in total. The number of aromatic nitrogens is 2. The van der Waals surface area contributed by atoms with E-state index in [9.17, 15) is 0 Å². The smallest absolute Gasteiger partial charge is 0.180 e. The minimum Gasteiger partial charge on any atom is -0.375 e. The van der Waals surface area contributed by atoms with Gasteiger partial charge in [-0.1, -0.05) is 13.8 Å². The molecule has 2 heterocycles. The molecule has 2 aromatic heterocycles. The van der Waals surface area contributed by atoms with Crippen molar-refractivity contribution in [2.45, 2.75) is 19.8 Å². The van der Waals surface area contributed by atoms with Gasteiger partial charge in [0.25, 0.3) is 0 Å². The molecule has 2 rings (SSSR count). The Hall–Kier alpha value is -1.42. The van der Waals surface area contributed by atoms with Gasteiger partial charge in [0, 0.05) is 22.8 Å². The molecule has 0 spiro atoms. The van der Waals surface area contributed by atoms with Crippen LogP contribution in [-0.4, -0.2) is 9.97 Å². The second-order valence-electron chi connectivity index (χ2n) is 3.70. The molecule has 0 aromatic carbocycles. The lowest BCUT2D eigenvalue weighted by Crippen LogP contribution is -1.92. The maximum absolute atomic E-state index is 5.58. The van der Waals surface area contributed by atoms with Gasteiger partial charge in [0.1, 0.15) is 0 Å². The SMILES string of the molecule is CC(C)c1ccc(-c2csc(N)n2)cn1. The van der Waals surface area contributed by atoms with E-state index in [0.717, 1.165) is 17.0 Å². The third-order valence-corrected chi connectivity index (χ3v) is 2.87. The number of hydrogen-bond acceptors (Lipinski definition) is 4. The molecule has 0 fully saturated rings. The molecule has 0 atom stereocenters. The first-order valence-corrected chi connectivity index (χ1v) is 5.72. The Balaban J connectivity index is 2.31. The van der Waals surface area contributed by atoms with E-state index in [4.69, 9.17) is 5.73 Å². The first-order chi connectivity index (χ1) is 7.16. The Bertz CT molecular complexity index is 445. The summed E-state index contributed by atoms with van der Waals surface area (Å²) in [5.74, 6) is 0.458. The van der Waals surface area contributed by atoms with Crippen LogP contribution in [0.1, 0.15) is 25.5 Å². The van der Waals surface area contributed by atoms with Crippen LogP contribution in [-0.2, 0) is 0 Å². The number of nitrogen functional groups attached to an aromatic ring is 1. The van der Waals surface area contributed by atoms with Gasteiger partial charge in [-0.3, -0.25) is 4.98 Å². The van der Waals surface area contributed by atoms with Crippen LogP contribution in [0.3, 0.4) is 0 Å². The number of nitrogens with two attached hydrogens (primary N) is 1. The van der Waals surface area contributed by atoms with Gasteiger partial charge in [0.05, 0.1) is 5.69 Å². The van der Waals surface area contributed by atoms with Crippen molar-refractivity contribution < 1.29 is 0 Å². The van der Waals surface area contributed by atoms with Gasteiger partial charge in [-0.15, -0.1) is 11.3 Å². The van der Waals surface area contributed by atoms with Crippen molar-refractivity contribution >= 4 is 16.5 Å². The Labute approximate surface area is 93.0 Å². The zero-order valence-corrected chi connectivity index (χ0v) is 9.58. The first kappa shape index (κ1) is 10.1. The molecule has 0 saturated carbocycles. The molecule has 0 aliphatic carbocycles. The number of hydrogen-bond donors (Lipinski definition) is 1. The Morgan fingerprint density at radius 2 is 2.13 bits per heavy atom. The number of nitrogens with zero attached hydrogens (tertiary/aromatic N) is 2. The van der Waals surface area contributed by atoms with E-state index in [1.807, 2.05) is 23.7 Å². The molecule has 0 amide bonds. The minimum atomic E-state index is 0.458. The van der Waals surface area contributed by atoms with Gasteiger partial charge in [-0.2, -0.15) is 0 Å². The molecule has 0 unspecified atom stereocenters. The third-order valence-electron chi connectivity index (χ3n) is 2.20. The zero-order valence-electron chi connectivity index (χ0n) is 8.77. The molecule has 0 bridgehead atoms. The molecule has 3 nitrogen and oxygen atoms in total. The molecule has 15 heavy (non-hydrogen) atoms. The number of thiazole rings is 1. The van der Waals surface area contributed by atoms with Crippen molar-refractivity contribution in [2.24, 2.45) is 0 Å². The van der Waals surface area contributed by atoms with Crippen molar-refractivity contribution in [3.05, 3.63) is 29.4 Å². The molecule has 2 aromatic rings. The van der Waals surface area contributed by atoms with Crippen LogP contribution in [0.15, 0.2) is 23.7 Å². The highest BCUT2D eigenvalue weighted by Crippen LogP contribution is 2.23. The van der Waals surface area contributed by atoms with E-state index in [2.05, 4.69) is 23.8 Å². The molecular formula is C11H13N3S. The summed E-state index contributed by atoms with van der Waals surface area (Å²) in [4.78, 5) is 8.60. The van der Waals surface area contributed by atoms with Crippen LogP contribution < -0.4 is 5.73 Å². The summed E-state index contributed by atoms with van der Waals surface area (Å²) in [6.07, 6.45) is 1.85. The van der Waals surface area contributed by atoms with Crippen molar-refractivity contribution in [2.75, 3.05) is 5.73 Å². The number of pyridine rings is 1. The molecule has 0 radical (unpaired) electrons. The predicted octanol–water partition coefficient (Wildman–Crippen LogP) is 2.91. The van der Waals surface area contributed by atoms with E-state index in [-0.39, 0.29) is 0 Å². The van der Waals surface area contributed by atoms with E-state index in [1.54, 1.807) is 0 Å². The van der Waals surface area contributed by atoms with Gasteiger partial charge < -0.3 is 5.73 Å². The van der Waals surface area contributed by atoms with Crippen LogP contribution in [0.2, 0.25) is 0 Å². The highest BCUT2D eigenvalue weighted by Gasteiger charge is 2.04. The van der Waals surface area contributed by atoms with Crippen molar-refractivity contribution in [1.82, 2.24) is 9.97 Å². The topological polar surface area (TPSA) is 51.8 Å². The highest BCUT2D eigenvalue weighted by molar-refractivity contribution is 7.13. The maximum atomic E-state index is 5.58. The predicted molar refractivity (Wildman–Crippen MR) is 63.8 cm³/mol. The second kappa shape index (κ2) is 3.98. The molecule has 0 aliphatic rings. The van der Waals surface area contributed by atoms with Crippen LogP contribution in [0.5, 0.6) is 0 Å². The summed E-state index contributed by atoms with van der Waals surface area (Å²) >= 11 is 1.45. The molecule has 0 aliphatic heterocycles. The minimum absolute atomic E-state index is 0.458. The van der Waals surface area contributed by atoms with Gasteiger partial charge in [-0.05, 0) is 18.1 Å². The fraction of sp³-hybridized carbons (Fsp3) is 0.273. The average Bonchev–Trinajstić information content (AvgIpc) is 2.65. The van der Waals surface area contributed by atoms with E-state index < -0.39 is 0 Å². The molecule has 78 valence electrons. The monoisotopic (exact) mass is 219 g/mol. The van der Waals surface area contributed by atoms with Crippen molar-refractivity contribution in [1.29, 1.82) is 0 Å². The van der Waals surface area contributed by atoms with Gasteiger partial charge >= 0.3 is 0 Å². The van der Waals surface area contributed by atoms with Crippen LogP contribution >= 0.6 is 11.3 Å². The summed E-state index contributed by atoms with van der Waals surface area (Å²) < 4.78 is 0. The summed E-state index contributed by atoms with van der Waals surface area (Å²) in [5, 5.41) is 2.54. The largest absolute Gasteiger partial charge is 0.375 e. The van der Waals surface area contributed by atoms with E-state index >= 15 is 0 Å². The number of anilines is 1. The fourth-order valence-corrected chi connectivity index (χ4v) is 1.89. The van der Waals surface area contributed by atoms with E-state index in [0.29, 0.717) is 11.0 Å². The standard InChI is InChI=1S/C11H13N3S/c1-7(2)9-4-3-8(5-13-9)10-6-15-11(12)14-10/h3-7H,1-2H3,(H2,12,14). The Morgan fingerprint density at radius 3 is 2.60 bits per heavy atom. The summed E-state index contributed by atoms with van der Waals surface area (Å²) in [5.41, 5.74) is 8.60. The number of rotatable bonds is 2. The zero-order chi connectivity index (χ0) is 10.8. The van der Waals surface area contributed by atoms with Gasteiger partial charge in [0.15, 0.2) is 5.13 Å². The van der Waals surface area contributed by atoms with Gasteiger partial charge in [-0.25, -0.2) is 4.98 Å². The van der Waals surface area contributed by atoms with Crippen LogP contribution in [0, 0.1) is 0 Å². The molecule has 0 saturated heterocycles.